The molecule has 140 valence electrons. The number of aromatic nitrogens is 2. The van der Waals surface area contributed by atoms with E-state index in [1.165, 1.54) is 31.4 Å². The molecule has 0 aromatic carbocycles. The molecule has 1 saturated heterocycles. The first-order valence-electron chi connectivity index (χ1n) is 10.5. The topological polar surface area (TPSA) is 61.4 Å². The summed E-state index contributed by atoms with van der Waals surface area (Å²) < 4.78 is 6.36. The highest BCUT2D eigenvalue weighted by molar-refractivity contribution is 5.34. The Kier molecular flexibility index (Phi) is 2.95. The number of aliphatic hydroxyl groups is 1. The number of rotatable bonds is 1. The van der Waals surface area contributed by atoms with Crippen LogP contribution in [0.25, 0.3) is 0 Å². The summed E-state index contributed by atoms with van der Waals surface area (Å²) in [4.78, 5) is 7.67. The average molecular weight is 354 g/mol. The van der Waals surface area contributed by atoms with Crippen molar-refractivity contribution in [3.8, 4) is 0 Å². The normalized spacial score (nSPS) is 54.6. The van der Waals surface area contributed by atoms with Gasteiger partial charge in [0.05, 0.1) is 30.4 Å². The minimum absolute atomic E-state index is 0.104. The zero-order chi connectivity index (χ0) is 17.7. The van der Waals surface area contributed by atoms with Gasteiger partial charge in [-0.15, -0.1) is 0 Å². The van der Waals surface area contributed by atoms with Crippen molar-refractivity contribution >= 4 is 0 Å². The van der Waals surface area contributed by atoms with Crippen LogP contribution in [0.4, 0.5) is 0 Å². The Morgan fingerprint density at radius 1 is 1.23 bits per heavy atom. The van der Waals surface area contributed by atoms with Crippen molar-refractivity contribution in [2.75, 3.05) is 0 Å². The Morgan fingerprint density at radius 3 is 2.92 bits per heavy atom. The summed E-state index contributed by atoms with van der Waals surface area (Å²) >= 11 is 0. The second kappa shape index (κ2) is 4.82. The number of ether oxygens (including phenoxy) is 1. The van der Waals surface area contributed by atoms with E-state index in [1.807, 2.05) is 6.20 Å². The first-order valence-corrected chi connectivity index (χ1v) is 10.5. The average Bonchev–Trinajstić information content (AvgIpc) is 3.00. The number of hydrogen-bond donors (Lipinski definition) is 2. The fourth-order valence-corrected chi connectivity index (χ4v) is 8.00. The molecule has 26 heavy (non-hydrogen) atoms. The highest BCUT2D eigenvalue weighted by atomic mass is 16.6. The molecule has 0 unspecified atom stereocenters. The quantitative estimate of drug-likeness (QED) is 0.593. The number of imidazole rings is 1. The fraction of sp³-hybridized carbons (Fsp3) is 0.773. The van der Waals surface area contributed by atoms with Gasteiger partial charge in [0.1, 0.15) is 5.60 Å². The highest BCUT2D eigenvalue weighted by Crippen LogP contribution is 2.76. The van der Waals surface area contributed by atoms with Crippen LogP contribution in [0.5, 0.6) is 0 Å². The van der Waals surface area contributed by atoms with Crippen LogP contribution in [0, 0.1) is 28.6 Å². The number of H-pyrrole nitrogens is 1. The van der Waals surface area contributed by atoms with Crippen LogP contribution in [0.3, 0.4) is 0 Å². The molecule has 0 radical (unpaired) electrons. The summed E-state index contributed by atoms with van der Waals surface area (Å²) in [5, 5.41) is 10.2. The molecule has 1 aliphatic heterocycles. The molecular formula is C22H30N2O2. The number of nitrogens with one attached hydrogen (secondary N) is 1. The zero-order valence-electron chi connectivity index (χ0n) is 15.9. The molecular weight excluding hydrogens is 324 g/mol. The van der Waals surface area contributed by atoms with E-state index in [-0.39, 0.29) is 17.1 Å². The molecule has 1 aromatic heterocycles. The molecule has 6 rings (SSSR count). The van der Waals surface area contributed by atoms with E-state index in [4.69, 9.17) is 4.74 Å². The van der Waals surface area contributed by atoms with Gasteiger partial charge in [-0.25, -0.2) is 4.98 Å². The van der Waals surface area contributed by atoms with Crippen LogP contribution >= 0.6 is 0 Å². The Morgan fingerprint density at radius 2 is 2.12 bits per heavy atom. The van der Waals surface area contributed by atoms with Crippen molar-refractivity contribution in [2.45, 2.75) is 76.6 Å². The van der Waals surface area contributed by atoms with Crippen LogP contribution in [0.15, 0.2) is 24.2 Å². The third-order valence-electron chi connectivity index (χ3n) is 9.41. The molecule has 4 aliphatic carbocycles. The van der Waals surface area contributed by atoms with Gasteiger partial charge in [-0.2, -0.15) is 0 Å². The van der Waals surface area contributed by atoms with Crippen LogP contribution in [-0.4, -0.2) is 27.3 Å². The molecule has 1 aromatic rings. The van der Waals surface area contributed by atoms with E-state index in [9.17, 15) is 5.11 Å². The number of aliphatic hydroxyl groups excluding tert-OH is 1. The summed E-state index contributed by atoms with van der Waals surface area (Å²) in [7, 11) is 0. The fourth-order valence-electron chi connectivity index (χ4n) is 8.00. The van der Waals surface area contributed by atoms with Gasteiger partial charge >= 0.3 is 0 Å². The van der Waals surface area contributed by atoms with Gasteiger partial charge in [0.25, 0.3) is 0 Å². The molecule has 2 heterocycles. The van der Waals surface area contributed by atoms with Crippen molar-refractivity contribution in [1.82, 2.24) is 9.97 Å². The summed E-state index contributed by atoms with van der Waals surface area (Å²) in [6, 6.07) is 0. The second-order valence-electron chi connectivity index (χ2n) is 10.2. The Balaban J connectivity index is 1.38. The Labute approximate surface area is 155 Å². The molecule has 2 N–H and O–H groups in total. The molecule has 0 spiro atoms. The van der Waals surface area contributed by atoms with E-state index in [2.05, 4.69) is 29.9 Å². The lowest BCUT2D eigenvalue weighted by Crippen LogP contribution is -2.52. The lowest BCUT2D eigenvalue weighted by Gasteiger charge is -2.58. The largest absolute Gasteiger partial charge is 0.393 e. The van der Waals surface area contributed by atoms with Crippen molar-refractivity contribution in [3.63, 3.8) is 0 Å². The van der Waals surface area contributed by atoms with Crippen LogP contribution in [-0.2, 0) is 10.3 Å². The molecule has 4 fully saturated rings. The molecule has 4 nitrogen and oxygen atoms in total. The molecule has 0 amide bonds. The molecule has 4 heteroatoms. The van der Waals surface area contributed by atoms with Gasteiger partial charge in [0, 0.05) is 5.41 Å². The number of hydrogen-bond acceptors (Lipinski definition) is 3. The summed E-state index contributed by atoms with van der Waals surface area (Å²) in [6.45, 7) is 5.00. The third-order valence-corrected chi connectivity index (χ3v) is 9.41. The maximum absolute atomic E-state index is 10.2. The predicted octanol–water partition coefficient (Wildman–Crippen LogP) is 3.94. The van der Waals surface area contributed by atoms with E-state index < -0.39 is 0 Å². The standard InChI is InChI=1S/C22H30N2O2/c1-20-7-5-14(25)9-13(20)3-4-15-16(20)6-8-21(2)17(15)10-19-22(21,26-19)18-11-23-12-24-18/h3,11-12,14-17,19,25H,4-10H2,1-2H3,(H,23,24)/t14-,15+,16-,17-,19+,20-,21-,22+/m0/s1. The van der Waals surface area contributed by atoms with E-state index in [0.717, 1.165) is 37.0 Å². The van der Waals surface area contributed by atoms with E-state index >= 15 is 0 Å². The zero-order valence-corrected chi connectivity index (χ0v) is 15.9. The maximum Gasteiger partial charge on any atom is 0.141 e. The van der Waals surface area contributed by atoms with Crippen molar-refractivity contribution < 1.29 is 9.84 Å². The van der Waals surface area contributed by atoms with E-state index in [0.29, 0.717) is 11.5 Å². The van der Waals surface area contributed by atoms with Gasteiger partial charge in [0.2, 0.25) is 0 Å². The summed E-state index contributed by atoms with van der Waals surface area (Å²) in [6.07, 6.45) is 14.6. The summed E-state index contributed by atoms with van der Waals surface area (Å²) in [5.74, 6) is 2.29. The van der Waals surface area contributed by atoms with Crippen molar-refractivity contribution in [1.29, 1.82) is 0 Å². The lowest BCUT2D eigenvalue weighted by atomic mass is 9.47. The van der Waals surface area contributed by atoms with Gasteiger partial charge < -0.3 is 14.8 Å². The smallest absolute Gasteiger partial charge is 0.141 e. The van der Waals surface area contributed by atoms with Gasteiger partial charge in [0.15, 0.2) is 0 Å². The number of nitrogens with zero attached hydrogens (tertiary/aromatic N) is 1. The number of allylic oxidation sites excluding steroid dienone is 1. The van der Waals surface area contributed by atoms with Gasteiger partial charge in [-0.05, 0) is 68.1 Å². The first-order chi connectivity index (χ1) is 12.5. The highest BCUT2D eigenvalue weighted by Gasteiger charge is 2.78. The number of aromatic amines is 1. The summed E-state index contributed by atoms with van der Waals surface area (Å²) in [5.41, 5.74) is 3.19. The van der Waals surface area contributed by atoms with Crippen LogP contribution in [0.2, 0.25) is 0 Å². The van der Waals surface area contributed by atoms with Crippen molar-refractivity contribution in [3.05, 3.63) is 29.9 Å². The van der Waals surface area contributed by atoms with Gasteiger partial charge in [-0.3, -0.25) is 0 Å². The Hall–Kier alpha value is -1.13. The van der Waals surface area contributed by atoms with Crippen LogP contribution in [0.1, 0.15) is 64.5 Å². The van der Waals surface area contributed by atoms with Crippen LogP contribution < -0.4 is 0 Å². The predicted molar refractivity (Wildman–Crippen MR) is 98.2 cm³/mol. The minimum atomic E-state index is -0.115. The Bertz CT molecular complexity index is 773. The monoisotopic (exact) mass is 354 g/mol. The second-order valence-corrected chi connectivity index (χ2v) is 10.2. The number of fused-ring (bicyclic) bond motifs is 7. The molecule has 8 atom stereocenters. The minimum Gasteiger partial charge on any atom is -0.393 e. The third kappa shape index (κ3) is 1.67. The lowest BCUT2D eigenvalue weighted by molar-refractivity contribution is -0.0852. The molecule has 5 aliphatic rings. The van der Waals surface area contributed by atoms with Gasteiger partial charge in [-0.1, -0.05) is 25.5 Å². The van der Waals surface area contributed by atoms with Crippen molar-refractivity contribution in [2.24, 2.45) is 28.6 Å². The van der Waals surface area contributed by atoms with E-state index in [1.54, 1.807) is 11.9 Å². The molecule has 0 bridgehead atoms. The SMILES string of the molecule is C[C@]12CC[C@H](O)CC1=CC[C@@H]1[C@@H]2CC[C@@]2(C)[C@H]1C[C@H]1O[C@]12c1cnc[nH]1. The maximum atomic E-state index is 10.2. The number of epoxide rings is 1. The first kappa shape index (κ1) is 15.9. The molecule has 3 saturated carbocycles.